The Morgan fingerprint density at radius 2 is 1.50 bits per heavy atom. The van der Waals surface area contributed by atoms with Crippen molar-refractivity contribution in [1.29, 1.82) is 0 Å². The van der Waals surface area contributed by atoms with Gasteiger partial charge in [0, 0.05) is 12.0 Å². The van der Waals surface area contributed by atoms with Gasteiger partial charge in [-0.1, -0.05) is 92.2 Å². The molecule has 0 fully saturated rings. The summed E-state index contributed by atoms with van der Waals surface area (Å²) in [7, 11) is 0. The van der Waals surface area contributed by atoms with Crippen molar-refractivity contribution in [3.8, 4) is 11.8 Å². The van der Waals surface area contributed by atoms with E-state index in [-0.39, 0.29) is 0 Å². The van der Waals surface area contributed by atoms with Crippen LogP contribution in [0.5, 0.6) is 0 Å². The summed E-state index contributed by atoms with van der Waals surface area (Å²) in [5.41, 5.74) is 2.02. The predicted molar refractivity (Wildman–Crippen MR) is 90.1 cm³/mol. The molecular weight excluding hydrogens is 380 g/mol. The Labute approximate surface area is 136 Å². The Balaban J connectivity index is 2.08. The van der Waals surface area contributed by atoms with Gasteiger partial charge >= 0.3 is 0 Å². The molecule has 0 spiro atoms. The fourth-order valence-corrected chi connectivity index (χ4v) is 2.62. The molecule has 0 aliphatic carbocycles. The Morgan fingerprint density at radius 3 is 2.10 bits per heavy atom. The number of benzene rings is 2. The van der Waals surface area contributed by atoms with E-state index in [1.807, 2.05) is 60.7 Å². The van der Waals surface area contributed by atoms with Gasteiger partial charge in [-0.25, -0.2) is 0 Å². The Bertz CT molecular complexity index is 597. The van der Waals surface area contributed by atoms with Gasteiger partial charge in [0.2, 0.25) is 0 Å². The highest BCUT2D eigenvalue weighted by atomic mass is 79.9. The Morgan fingerprint density at radius 1 is 0.950 bits per heavy atom. The highest BCUT2D eigenvalue weighted by Gasteiger charge is 2.31. The molecule has 0 saturated carbocycles. The summed E-state index contributed by atoms with van der Waals surface area (Å²) in [6, 6.07) is 19.6. The third-order valence-corrected chi connectivity index (χ3v) is 4.24. The van der Waals surface area contributed by atoms with E-state index in [1.54, 1.807) is 0 Å². The molecule has 0 aliphatic heterocycles. The van der Waals surface area contributed by atoms with Gasteiger partial charge in [-0.05, 0) is 17.7 Å². The lowest BCUT2D eigenvalue weighted by molar-refractivity contribution is 0.222. The van der Waals surface area contributed by atoms with E-state index in [4.69, 9.17) is 0 Å². The third-order valence-electron chi connectivity index (χ3n) is 2.81. The average Bonchev–Trinajstić information content (AvgIpc) is 2.46. The highest BCUT2D eigenvalue weighted by molar-refractivity contribution is 9.25. The van der Waals surface area contributed by atoms with E-state index >= 15 is 0 Å². The second-order valence-corrected chi connectivity index (χ2v) is 8.36. The molecule has 20 heavy (non-hydrogen) atoms. The number of halogens is 2. The maximum absolute atomic E-state index is 10.2. The van der Waals surface area contributed by atoms with Crippen LogP contribution in [0.15, 0.2) is 60.7 Å². The molecule has 2 rings (SSSR count). The molecule has 2 aromatic carbocycles. The van der Waals surface area contributed by atoms with Crippen LogP contribution in [0.2, 0.25) is 0 Å². The van der Waals surface area contributed by atoms with Crippen molar-refractivity contribution < 1.29 is 5.11 Å². The van der Waals surface area contributed by atoms with Crippen molar-refractivity contribution in [1.82, 2.24) is 0 Å². The number of hydrogen-bond acceptors (Lipinski definition) is 1. The average molecular weight is 394 g/mol. The zero-order valence-corrected chi connectivity index (χ0v) is 13.9. The number of rotatable bonds is 3. The van der Waals surface area contributed by atoms with Crippen LogP contribution in [0.1, 0.15) is 11.1 Å². The maximum atomic E-state index is 10.2. The molecule has 3 heteroatoms. The summed E-state index contributed by atoms with van der Waals surface area (Å²) in [5, 5.41) is 10.2. The molecule has 2 aromatic rings. The van der Waals surface area contributed by atoms with Crippen LogP contribution >= 0.6 is 31.9 Å². The number of aliphatic hydroxyl groups excluding tert-OH is 1. The number of aliphatic hydroxyl groups is 1. The normalized spacial score (nSPS) is 12.3. The lowest BCUT2D eigenvalue weighted by atomic mass is 10.1. The lowest BCUT2D eigenvalue weighted by Gasteiger charge is -2.23. The standard InChI is InChI=1S/C17H14Br2O/c18-17(19,13-15-9-5-2-6-10-15)16(20)12-11-14-7-3-1-4-8-14/h1-10,16,20H,13H2. The van der Waals surface area contributed by atoms with Crippen LogP contribution in [-0.4, -0.2) is 14.4 Å². The first kappa shape index (κ1) is 15.3. The molecule has 0 radical (unpaired) electrons. The molecule has 1 nitrogen and oxygen atoms in total. The Hall–Kier alpha value is -1.08. The topological polar surface area (TPSA) is 20.2 Å². The molecular formula is C17H14Br2O. The van der Waals surface area contributed by atoms with Gasteiger partial charge in [-0.3, -0.25) is 0 Å². The minimum Gasteiger partial charge on any atom is -0.378 e. The van der Waals surface area contributed by atoms with Crippen molar-refractivity contribution in [2.24, 2.45) is 0 Å². The van der Waals surface area contributed by atoms with Crippen molar-refractivity contribution in [3.05, 3.63) is 71.8 Å². The summed E-state index contributed by atoms with van der Waals surface area (Å²) in [4.78, 5) is 0. The van der Waals surface area contributed by atoms with Gasteiger partial charge in [-0.2, -0.15) is 0 Å². The molecule has 0 amide bonds. The van der Waals surface area contributed by atoms with Crippen LogP contribution in [-0.2, 0) is 6.42 Å². The van der Waals surface area contributed by atoms with Gasteiger partial charge in [0.25, 0.3) is 0 Å². The largest absolute Gasteiger partial charge is 0.378 e. The van der Waals surface area contributed by atoms with E-state index in [2.05, 4.69) is 43.7 Å². The lowest BCUT2D eigenvalue weighted by Crippen LogP contribution is -2.31. The molecule has 0 heterocycles. The van der Waals surface area contributed by atoms with Crippen molar-refractivity contribution in [3.63, 3.8) is 0 Å². The van der Waals surface area contributed by atoms with Gasteiger partial charge in [0.1, 0.15) is 9.34 Å². The smallest absolute Gasteiger partial charge is 0.140 e. The summed E-state index contributed by atoms with van der Waals surface area (Å²) in [6.45, 7) is 0. The van der Waals surface area contributed by atoms with Crippen molar-refractivity contribution >= 4 is 31.9 Å². The zero-order valence-electron chi connectivity index (χ0n) is 10.8. The van der Waals surface area contributed by atoms with E-state index < -0.39 is 9.34 Å². The first-order chi connectivity index (χ1) is 9.58. The first-order valence-corrected chi connectivity index (χ1v) is 7.83. The molecule has 0 aliphatic rings. The SMILES string of the molecule is OC(C#Cc1ccccc1)C(Br)(Br)Cc1ccccc1. The molecule has 0 bridgehead atoms. The highest BCUT2D eigenvalue weighted by Crippen LogP contribution is 2.34. The van der Waals surface area contributed by atoms with E-state index in [1.165, 1.54) is 0 Å². The molecule has 1 unspecified atom stereocenters. The fourth-order valence-electron chi connectivity index (χ4n) is 1.74. The molecule has 1 atom stereocenters. The van der Waals surface area contributed by atoms with Crippen LogP contribution in [0.3, 0.4) is 0 Å². The summed E-state index contributed by atoms with van der Waals surface area (Å²) < 4.78 is -0.650. The summed E-state index contributed by atoms with van der Waals surface area (Å²) in [5.74, 6) is 5.85. The van der Waals surface area contributed by atoms with E-state index in [0.717, 1.165) is 11.1 Å². The monoisotopic (exact) mass is 392 g/mol. The minimum absolute atomic E-state index is 0.637. The molecule has 0 saturated heterocycles. The van der Waals surface area contributed by atoms with Gasteiger partial charge < -0.3 is 5.11 Å². The predicted octanol–water partition coefficient (Wildman–Crippen LogP) is 4.13. The van der Waals surface area contributed by atoms with E-state index in [0.29, 0.717) is 6.42 Å². The summed E-state index contributed by atoms with van der Waals surface area (Å²) >= 11 is 7.04. The molecule has 102 valence electrons. The number of hydrogen-bond donors (Lipinski definition) is 1. The molecule has 0 aromatic heterocycles. The van der Waals surface area contributed by atoms with Gasteiger partial charge in [0.15, 0.2) is 0 Å². The van der Waals surface area contributed by atoms with E-state index in [9.17, 15) is 5.11 Å². The Kier molecular flexibility index (Phi) is 5.42. The number of alkyl halides is 2. The minimum atomic E-state index is -0.817. The second-order valence-electron chi connectivity index (χ2n) is 4.46. The quantitative estimate of drug-likeness (QED) is 0.614. The third kappa shape index (κ3) is 4.49. The molecule has 1 N–H and O–H groups in total. The van der Waals surface area contributed by atoms with Crippen LogP contribution in [0, 0.1) is 11.8 Å². The van der Waals surface area contributed by atoms with Crippen molar-refractivity contribution in [2.75, 3.05) is 0 Å². The maximum Gasteiger partial charge on any atom is 0.140 e. The zero-order chi connectivity index (χ0) is 14.4. The van der Waals surface area contributed by atoms with Crippen molar-refractivity contribution in [2.45, 2.75) is 15.8 Å². The van der Waals surface area contributed by atoms with Crippen LogP contribution < -0.4 is 0 Å². The second kappa shape index (κ2) is 7.08. The fraction of sp³-hybridized carbons (Fsp3) is 0.176. The van der Waals surface area contributed by atoms with Gasteiger partial charge in [-0.15, -0.1) is 0 Å². The first-order valence-electron chi connectivity index (χ1n) is 6.24. The van der Waals surface area contributed by atoms with Gasteiger partial charge in [0.05, 0.1) is 0 Å². The summed E-state index contributed by atoms with van der Waals surface area (Å²) in [6.07, 6.45) is -0.179. The van der Waals surface area contributed by atoms with Crippen LogP contribution in [0.25, 0.3) is 0 Å². The van der Waals surface area contributed by atoms with Crippen LogP contribution in [0.4, 0.5) is 0 Å².